The summed E-state index contributed by atoms with van der Waals surface area (Å²) in [6.45, 7) is 9.70. The fourth-order valence-electron chi connectivity index (χ4n) is 4.95. The van der Waals surface area contributed by atoms with E-state index in [4.69, 9.17) is 9.73 Å². The van der Waals surface area contributed by atoms with E-state index in [1.54, 1.807) is 17.2 Å². The zero-order chi connectivity index (χ0) is 31.0. The summed E-state index contributed by atoms with van der Waals surface area (Å²) in [7, 11) is -3.78. The zero-order valence-corrected chi connectivity index (χ0v) is 26.5. The number of aliphatic imine (C=N–C) groups is 1. The van der Waals surface area contributed by atoms with Gasteiger partial charge in [-0.25, -0.2) is 27.9 Å². The minimum absolute atomic E-state index is 0.0651. The third kappa shape index (κ3) is 9.67. The molecule has 1 saturated heterocycles. The highest BCUT2D eigenvalue weighted by Crippen LogP contribution is 2.30. The van der Waals surface area contributed by atoms with Gasteiger partial charge in [-0.05, 0) is 83.8 Å². The molecule has 13 heteroatoms. The number of anilines is 1. The molecule has 236 valence electrons. The van der Waals surface area contributed by atoms with Gasteiger partial charge in [-0.2, -0.15) is 4.98 Å². The van der Waals surface area contributed by atoms with Crippen molar-refractivity contribution in [2.75, 3.05) is 31.5 Å². The van der Waals surface area contributed by atoms with Crippen LogP contribution in [0.25, 0.3) is 11.3 Å². The Bertz CT molecular complexity index is 1360. The lowest BCUT2D eigenvalue weighted by atomic mass is 9.96. The van der Waals surface area contributed by atoms with Crippen molar-refractivity contribution in [2.24, 2.45) is 10.9 Å². The van der Waals surface area contributed by atoms with Gasteiger partial charge in [-0.1, -0.05) is 13.3 Å². The van der Waals surface area contributed by atoms with Gasteiger partial charge < -0.3 is 20.1 Å². The summed E-state index contributed by atoms with van der Waals surface area (Å²) in [6.07, 6.45) is 8.50. The largest absolute Gasteiger partial charge is 0.444 e. The van der Waals surface area contributed by atoms with Crippen LogP contribution in [0, 0.1) is 5.92 Å². The lowest BCUT2D eigenvalue weighted by molar-refractivity contribution is 0.0185. The zero-order valence-electron chi connectivity index (χ0n) is 25.7. The number of carbonyl (C=O) groups excluding carboxylic acids is 1. The number of ether oxygens (including phenoxy) is 1. The number of likely N-dealkylation sites (tertiary alicyclic amines) is 1. The summed E-state index contributed by atoms with van der Waals surface area (Å²) in [6, 6.07) is 3.17. The van der Waals surface area contributed by atoms with Crippen molar-refractivity contribution in [1.29, 1.82) is 0 Å². The molecule has 1 aliphatic heterocycles. The van der Waals surface area contributed by atoms with Crippen molar-refractivity contribution in [1.82, 2.24) is 24.6 Å². The molecule has 2 fully saturated rings. The van der Waals surface area contributed by atoms with E-state index >= 15 is 0 Å². The Morgan fingerprint density at radius 3 is 2.47 bits per heavy atom. The summed E-state index contributed by atoms with van der Waals surface area (Å²) in [5.41, 5.74) is 1.53. The molecular formula is C30H45N7O5S. The first-order valence-corrected chi connectivity index (χ1v) is 16.7. The number of rotatable bonds is 10. The van der Waals surface area contributed by atoms with Gasteiger partial charge >= 0.3 is 6.09 Å². The maximum atomic E-state index is 13.1. The van der Waals surface area contributed by atoms with Crippen LogP contribution in [0.2, 0.25) is 0 Å². The molecule has 1 aliphatic carbocycles. The van der Waals surface area contributed by atoms with Crippen LogP contribution >= 0.6 is 0 Å². The number of carbonyl (C=O) groups is 1. The number of pyridine rings is 1. The molecule has 43 heavy (non-hydrogen) atoms. The Hall–Kier alpha value is -3.16. The predicted octanol–water partition coefficient (Wildman–Crippen LogP) is 4.68. The number of hydrogen-bond acceptors (Lipinski definition) is 10. The van der Waals surface area contributed by atoms with Crippen molar-refractivity contribution < 1.29 is 23.1 Å². The highest BCUT2D eigenvalue weighted by Gasteiger charge is 2.28. The number of piperidine rings is 1. The van der Waals surface area contributed by atoms with E-state index in [0.29, 0.717) is 74.6 Å². The first-order valence-electron chi connectivity index (χ1n) is 15.2. The maximum Gasteiger partial charge on any atom is 0.410 e. The molecule has 2 aromatic rings. The van der Waals surface area contributed by atoms with E-state index in [-0.39, 0.29) is 29.6 Å². The number of aromatic nitrogens is 3. The first kappa shape index (κ1) is 32.7. The van der Waals surface area contributed by atoms with Gasteiger partial charge in [-0.15, -0.1) is 0 Å². The van der Waals surface area contributed by atoms with Crippen LogP contribution in [0.4, 0.5) is 16.6 Å². The number of nitrogens with one attached hydrogen (secondary N) is 2. The molecule has 1 amide bonds. The highest BCUT2D eigenvalue weighted by atomic mass is 32.2. The average Bonchev–Trinajstić information content (AvgIpc) is 2.97. The van der Waals surface area contributed by atoms with Crippen LogP contribution in [-0.4, -0.2) is 83.1 Å². The molecule has 0 bridgehead atoms. The number of sulfonamides is 1. The van der Waals surface area contributed by atoms with Crippen molar-refractivity contribution >= 4 is 33.6 Å². The topological polar surface area (TPSA) is 159 Å². The van der Waals surface area contributed by atoms with Gasteiger partial charge in [0.25, 0.3) is 0 Å². The molecule has 4 rings (SSSR count). The lowest BCUT2D eigenvalue weighted by Gasteiger charge is -2.33. The minimum Gasteiger partial charge on any atom is -0.444 e. The number of aliphatic hydroxyl groups excluding tert-OH is 1. The molecule has 1 saturated carbocycles. The molecule has 0 atom stereocenters. The molecule has 3 N–H and O–H groups in total. The maximum absolute atomic E-state index is 13.1. The van der Waals surface area contributed by atoms with Crippen LogP contribution in [0.5, 0.6) is 0 Å². The number of amides is 1. The second-order valence-electron chi connectivity index (χ2n) is 12.3. The molecule has 0 spiro atoms. The van der Waals surface area contributed by atoms with Gasteiger partial charge in [0.15, 0.2) is 5.82 Å². The second-order valence-corrected chi connectivity index (χ2v) is 14.0. The van der Waals surface area contributed by atoms with Crippen LogP contribution in [0.1, 0.15) is 79.1 Å². The van der Waals surface area contributed by atoms with Crippen LogP contribution in [0.3, 0.4) is 0 Å². The van der Waals surface area contributed by atoms with E-state index in [1.165, 1.54) is 12.3 Å². The van der Waals surface area contributed by atoms with Gasteiger partial charge in [-0.3, -0.25) is 4.98 Å². The third-order valence-electron chi connectivity index (χ3n) is 7.53. The molecule has 3 heterocycles. The standard InChI is InChI=1S/C30H45N7O5S/c1-5-6-15-31-28-33-20-25(27(36-28)35-22-7-9-23(38)10-8-22)26-12-11-24(19-32-26)43(40,41)34-18-21-13-16-37(17-14-21)29(39)42-30(2,3)4/h11-12,19-21,23,34,38H,5-10,13-18H2,1-4H3,(H,31,33,36). The highest BCUT2D eigenvalue weighted by molar-refractivity contribution is 7.89. The van der Waals surface area contributed by atoms with E-state index < -0.39 is 15.6 Å². The molecular weight excluding hydrogens is 570 g/mol. The normalized spacial score (nSPS) is 18.4. The molecule has 0 radical (unpaired) electrons. The van der Waals surface area contributed by atoms with Crippen molar-refractivity contribution in [3.05, 3.63) is 24.5 Å². The molecule has 0 unspecified atom stereocenters. The van der Waals surface area contributed by atoms with Crippen LogP contribution < -0.4 is 10.0 Å². The number of unbranched alkanes of at least 4 members (excludes halogenated alkanes) is 1. The average molecular weight is 616 g/mol. The van der Waals surface area contributed by atoms with E-state index in [1.807, 2.05) is 20.8 Å². The first-order chi connectivity index (χ1) is 20.4. The number of nitrogens with zero attached hydrogens (tertiary/aromatic N) is 5. The summed E-state index contributed by atoms with van der Waals surface area (Å²) >= 11 is 0. The molecule has 2 aliphatic rings. The molecule has 0 aromatic carbocycles. The van der Waals surface area contributed by atoms with Gasteiger partial charge in [0, 0.05) is 44.3 Å². The molecule has 12 nitrogen and oxygen atoms in total. The quantitative estimate of drug-likeness (QED) is 0.323. The number of hydrogen-bond donors (Lipinski definition) is 3. The Morgan fingerprint density at radius 2 is 1.84 bits per heavy atom. The fraction of sp³-hybridized carbons (Fsp3) is 0.633. The Labute approximate surface area is 254 Å². The third-order valence-corrected chi connectivity index (χ3v) is 8.94. The Morgan fingerprint density at radius 1 is 1.12 bits per heavy atom. The smallest absolute Gasteiger partial charge is 0.410 e. The second kappa shape index (κ2) is 14.5. The van der Waals surface area contributed by atoms with E-state index in [0.717, 1.165) is 25.1 Å². The number of aliphatic hydroxyl groups is 1. The monoisotopic (exact) mass is 615 g/mol. The van der Waals surface area contributed by atoms with Crippen LogP contribution in [-0.2, 0) is 14.8 Å². The SMILES string of the molecule is CCCCNc1ncc(-c2ccc(S(=O)(=O)NCC3CCN(C(=O)OC(C)(C)C)CC3)cn2)c(N=C2CCC(O)CC2)n1. The predicted molar refractivity (Wildman–Crippen MR) is 166 cm³/mol. The van der Waals surface area contributed by atoms with Crippen molar-refractivity contribution in [3.63, 3.8) is 0 Å². The summed E-state index contributed by atoms with van der Waals surface area (Å²) in [5, 5.41) is 13.1. The summed E-state index contributed by atoms with van der Waals surface area (Å²) in [5.74, 6) is 1.07. The van der Waals surface area contributed by atoms with Crippen molar-refractivity contribution in [3.8, 4) is 11.3 Å². The minimum atomic E-state index is -3.78. The van der Waals surface area contributed by atoms with E-state index in [2.05, 4.69) is 31.9 Å². The fourth-order valence-corrected chi connectivity index (χ4v) is 6.01. The van der Waals surface area contributed by atoms with Gasteiger partial charge in [0.05, 0.1) is 17.4 Å². The summed E-state index contributed by atoms with van der Waals surface area (Å²) in [4.78, 5) is 32.4. The molecule has 2 aromatic heterocycles. The summed E-state index contributed by atoms with van der Waals surface area (Å²) < 4.78 is 34.3. The van der Waals surface area contributed by atoms with Crippen LogP contribution in [0.15, 0.2) is 34.4 Å². The lowest BCUT2D eigenvalue weighted by Crippen LogP contribution is -2.43. The van der Waals surface area contributed by atoms with E-state index in [9.17, 15) is 18.3 Å². The van der Waals surface area contributed by atoms with Gasteiger partial charge in [0.1, 0.15) is 10.5 Å². The van der Waals surface area contributed by atoms with Crippen molar-refractivity contribution in [2.45, 2.75) is 95.7 Å². The Kier molecular flexibility index (Phi) is 11.1. The Balaban J connectivity index is 1.41. The van der Waals surface area contributed by atoms with Gasteiger partial charge in [0.2, 0.25) is 16.0 Å².